The van der Waals surface area contributed by atoms with Crippen LogP contribution in [0.5, 0.6) is 0 Å². The van der Waals surface area contributed by atoms with Gasteiger partial charge in [-0.1, -0.05) is 84.9 Å². The fourth-order valence-electron chi connectivity index (χ4n) is 5.14. The van der Waals surface area contributed by atoms with Crippen molar-refractivity contribution in [2.75, 3.05) is 12.4 Å². The lowest BCUT2D eigenvalue weighted by Crippen LogP contribution is -2.59. The summed E-state index contributed by atoms with van der Waals surface area (Å²) in [5, 5.41) is 20.0. The molecule has 42 heavy (non-hydrogen) atoms. The van der Waals surface area contributed by atoms with Crippen LogP contribution >= 0.6 is 11.8 Å². The van der Waals surface area contributed by atoms with E-state index in [0.717, 1.165) is 22.3 Å². The van der Waals surface area contributed by atoms with Gasteiger partial charge in [-0.25, -0.2) is 4.79 Å². The Morgan fingerprint density at radius 1 is 0.929 bits per heavy atom. The number of hydrogen-bond acceptors (Lipinski definition) is 5. The monoisotopic (exact) mass is 588 g/mol. The average molecular weight is 589 g/mol. The van der Waals surface area contributed by atoms with Crippen LogP contribution in [-0.2, 0) is 29.0 Å². The zero-order valence-corrected chi connectivity index (χ0v) is 25.2. The molecule has 3 aromatic carbocycles. The standard InChI is InChI=1S/C33H40N4O4S/c1-23-12-10-11-17-26(23)21-35-30(39)29-33(2,3)42-22-37(29)31(40)28(38)27(20-25-15-8-5-9-16-25)36-32(41)34-19-18-24-13-6-4-7-14-24/h4-17,27-29,38H,18-22H2,1-3H3,(H,35,39)(H2,34,36,41). The Morgan fingerprint density at radius 2 is 1.55 bits per heavy atom. The lowest BCUT2D eigenvalue weighted by molar-refractivity contribution is -0.147. The molecule has 1 fully saturated rings. The second-order valence-corrected chi connectivity index (χ2v) is 12.7. The van der Waals surface area contributed by atoms with Gasteiger partial charge >= 0.3 is 6.03 Å². The van der Waals surface area contributed by atoms with Crippen molar-refractivity contribution in [3.8, 4) is 0 Å². The molecule has 9 heteroatoms. The summed E-state index contributed by atoms with van der Waals surface area (Å²) in [6.07, 6.45) is -0.654. The van der Waals surface area contributed by atoms with Gasteiger partial charge in [-0.15, -0.1) is 11.8 Å². The molecule has 3 atom stereocenters. The molecule has 0 saturated carbocycles. The SMILES string of the molecule is Cc1ccccc1CNC(=O)C1N(C(=O)C(O)C(Cc2ccccc2)NC(=O)NCCc2ccccc2)CSC1(C)C. The van der Waals surface area contributed by atoms with Crippen molar-refractivity contribution < 1.29 is 19.5 Å². The Kier molecular flexibility index (Phi) is 10.7. The molecule has 4 rings (SSSR count). The van der Waals surface area contributed by atoms with Gasteiger partial charge in [0.2, 0.25) is 5.91 Å². The molecule has 8 nitrogen and oxygen atoms in total. The first kappa shape index (κ1) is 31.1. The van der Waals surface area contributed by atoms with Gasteiger partial charge in [0.15, 0.2) is 6.10 Å². The van der Waals surface area contributed by atoms with E-state index in [9.17, 15) is 19.5 Å². The van der Waals surface area contributed by atoms with E-state index in [1.165, 1.54) is 16.7 Å². The molecule has 222 valence electrons. The van der Waals surface area contributed by atoms with Crippen molar-refractivity contribution in [1.29, 1.82) is 0 Å². The van der Waals surface area contributed by atoms with Crippen molar-refractivity contribution in [2.24, 2.45) is 0 Å². The Bertz CT molecular complexity index is 1350. The molecule has 4 N–H and O–H groups in total. The van der Waals surface area contributed by atoms with Gasteiger partial charge in [-0.05, 0) is 55.9 Å². The first-order valence-corrected chi connectivity index (χ1v) is 15.2. The summed E-state index contributed by atoms with van der Waals surface area (Å²) in [4.78, 5) is 41.6. The first-order valence-electron chi connectivity index (χ1n) is 14.2. The summed E-state index contributed by atoms with van der Waals surface area (Å²) < 4.78 is -0.567. The van der Waals surface area contributed by atoms with Gasteiger partial charge in [-0.3, -0.25) is 9.59 Å². The summed E-state index contributed by atoms with van der Waals surface area (Å²) in [5.74, 6) is -0.609. The van der Waals surface area contributed by atoms with Crippen molar-refractivity contribution >= 4 is 29.6 Å². The van der Waals surface area contributed by atoms with Crippen LogP contribution in [-0.4, -0.2) is 63.2 Å². The maximum absolute atomic E-state index is 13.8. The summed E-state index contributed by atoms with van der Waals surface area (Å²) in [7, 11) is 0. The highest BCUT2D eigenvalue weighted by Crippen LogP contribution is 2.40. The molecule has 0 radical (unpaired) electrons. The van der Waals surface area contributed by atoms with E-state index >= 15 is 0 Å². The molecule has 3 aromatic rings. The van der Waals surface area contributed by atoms with Gasteiger partial charge in [0.25, 0.3) is 5.91 Å². The lowest BCUT2D eigenvalue weighted by Gasteiger charge is -2.33. The maximum Gasteiger partial charge on any atom is 0.315 e. The molecular formula is C33H40N4O4S. The minimum atomic E-state index is -1.55. The molecule has 0 bridgehead atoms. The van der Waals surface area contributed by atoms with Crippen molar-refractivity contribution in [3.63, 3.8) is 0 Å². The minimum Gasteiger partial charge on any atom is -0.381 e. The minimum absolute atomic E-state index is 0.244. The van der Waals surface area contributed by atoms with Crippen LogP contribution in [0.4, 0.5) is 4.79 Å². The third kappa shape index (κ3) is 8.14. The van der Waals surface area contributed by atoms with Crippen LogP contribution in [0.15, 0.2) is 84.9 Å². The first-order chi connectivity index (χ1) is 20.2. The summed E-state index contributed by atoms with van der Waals surface area (Å²) in [6, 6.07) is 24.9. The van der Waals surface area contributed by atoms with E-state index in [0.29, 0.717) is 19.5 Å². The van der Waals surface area contributed by atoms with Crippen LogP contribution in [0, 0.1) is 6.92 Å². The second kappa shape index (κ2) is 14.4. The molecule has 1 aliphatic rings. The van der Waals surface area contributed by atoms with Crippen LogP contribution in [0.2, 0.25) is 0 Å². The van der Waals surface area contributed by atoms with Gasteiger partial charge in [0, 0.05) is 17.8 Å². The molecular weight excluding hydrogens is 548 g/mol. The molecule has 4 amide bonds. The molecule has 0 aliphatic carbocycles. The average Bonchev–Trinajstić information content (AvgIpc) is 3.31. The number of carbonyl (C=O) groups excluding carboxylic acids is 3. The number of hydrogen-bond donors (Lipinski definition) is 4. The topological polar surface area (TPSA) is 111 Å². The quantitative estimate of drug-likeness (QED) is 0.272. The zero-order valence-electron chi connectivity index (χ0n) is 24.4. The number of nitrogens with zero attached hydrogens (tertiary/aromatic N) is 1. The second-order valence-electron chi connectivity index (χ2n) is 11.1. The zero-order chi connectivity index (χ0) is 30.1. The van der Waals surface area contributed by atoms with Crippen molar-refractivity contribution in [3.05, 3.63) is 107 Å². The smallest absolute Gasteiger partial charge is 0.315 e. The maximum atomic E-state index is 13.8. The number of aryl methyl sites for hydroxylation is 1. The number of rotatable bonds is 11. The van der Waals surface area contributed by atoms with E-state index in [-0.39, 0.29) is 18.2 Å². The molecule has 0 aromatic heterocycles. The summed E-state index contributed by atoms with van der Waals surface area (Å²) in [5.41, 5.74) is 4.02. The highest BCUT2D eigenvalue weighted by Gasteiger charge is 2.49. The fraction of sp³-hybridized carbons (Fsp3) is 0.364. The number of carbonyl (C=O) groups is 3. The van der Waals surface area contributed by atoms with E-state index < -0.39 is 34.9 Å². The van der Waals surface area contributed by atoms with Gasteiger partial charge in [-0.2, -0.15) is 0 Å². The molecule has 1 saturated heterocycles. The van der Waals surface area contributed by atoms with Crippen LogP contribution in [0.3, 0.4) is 0 Å². The van der Waals surface area contributed by atoms with Gasteiger partial charge in [0.1, 0.15) is 6.04 Å². The van der Waals surface area contributed by atoms with Crippen LogP contribution < -0.4 is 16.0 Å². The predicted octanol–water partition coefficient (Wildman–Crippen LogP) is 3.81. The largest absolute Gasteiger partial charge is 0.381 e. The van der Waals surface area contributed by atoms with Gasteiger partial charge < -0.3 is 26.0 Å². The van der Waals surface area contributed by atoms with Crippen molar-refractivity contribution in [2.45, 2.75) is 63.1 Å². The van der Waals surface area contributed by atoms with Crippen molar-refractivity contribution in [1.82, 2.24) is 20.9 Å². The number of thioether (sulfide) groups is 1. The molecule has 3 unspecified atom stereocenters. The Morgan fingerprint density at radius 3 is 2.21 bits per heavy atom. The number of amides is 4. The highest BCUT2D eigenvalue weighted by atomic mass is 32.2. The van der Waals surface area contributed by atoms with Crippen LogP contribution in [0.25, 0.3) is 0 Å². The summed E-state index contributed by atoms with van der Waals surface area (Å²) in [6.45, 7) is 6.58. The Hall–Kier alpha value is -3.82. The summed E-state index contributed by atoms with van der Waals surface area (Å²) >= 11 is 1.49. The predicted molar refractivity (Wildman–Crippen MR) is 167 cm³/mol. The number of benzene rings is 3. The molecule has 0 spiro atoms. The van der Waals surface area contributed by atoms with E-state index in [4.69, 9.17) is 0 Å². The lowest BCUT2D eigenvalue weighted by atomic mass is 9.97. The Labute approximate surface area is 252 Å². The third-order valence-electron chi connectivity index (χ3n) is 7.58. The van der Waals surface area contributed by atoms with Gasteiger partial charge in [0.05, 0.1) is 11.9 Å². The highest BCUT2D eigenvalue weighted by molar-refractivity contribution is 8.00. The van der Waals surface area contributed by atoms with Crippen LogP contribution in [0.1, 0.15) is 36.1 Å². The number of aliphatic hydroxyl groups excluding tert-OH is 1. The molecule has 1 aliphatic heterocycles. The number of nitrogens with one attached hydrogen (secondary N) is 3. The third-order valence-corrected chi connectivity index (χ3v) is 8.96. The Balaban J connectivity index is 1.45. The van der Waals surface area contributed by atoms with E-state index in [1.807, 2.05) is 106 Å². The number of urea groups is 1. The fourth-order valence-corrected chi connectivity index (χ4v) is 6.28. The normalized spacial score (nSPS) is 17.2. The van der Waals surface area contributed by atoms with E-state index in [1.54, 1.807) is 0 Å². The number of aliphatic hydroxyl groups is 1. The molecule has 1 heterocycles. The van der Waals surface area contributed by atoms with E-state index in [2.05, 4.69) is 16.0 Å².